The molecule has 1 saturated carbocycles. The molecule has 0 saturated heterocycles. The zero-order valence-electron chi connectivity index (χ0n) is 15.1. The molecule has 1 aliphatic carbocycles. The van der Waals surface area contributed by atoms with Crippen molar-refractivity contribution in [1.82, 2.24) is 0 Å². The molecule has 0 aliphatic heterocycles. The third kappa shape index (κ3) is 4.80. The summed E-state index contributed by atoms with van der Waals surface area (Å²) < 4.78 is 5.80. The fraction of sp³-hybridized carbons (Fsp3) is 0.524. The number of esters is 1. The molecule has 1 fully saturated rings. The van der Waals surface area contributed by atoms with Gasteiger partial charge >= 0.3 is 5.97 Å². The zero-order valence-corrected chi connectivity index (χ0v) is 15.1. The molecular weight excluding hydrogens is 300 g/mol. The van der Waals surface area contributed by atoms with Crippen molar-refractivity contribution in [2.24, 2.45) is 17.8 Å². The number of hydrogen-bond donors (Lipinski definition) is 0. The van der Waals surface area contributed by atoms with Gasteiger partial charge in [0.05, 0.1) is 0 Å². The molecule has 2 rings (SSSR count). The van der Waals surface area contributed by atoms with Gasteiger partial charge in [0.1, 0.15) is 11.7 Å². The van der Waals surface area contributed by atoms with E-state index in [1.165, 1.54) is 13.3 Å². The van der Waals surface area contributed by atoms with Crippen molar-refractivity contribution in [2.75, 3.05) is 0 Å². The first-order chi connectivity index (χ1) is 11.4. The maximum absolute atomic E-state index is 12.6. The van der Waals surface area contributed by atoms with Crippen LogP contribution < -0.4 is 0 Å². The summed E-state index contributed by atoms with van der Waals surface area (Å²) in [5.74, 6) is 0.644. The van der Waals surface area contributed by atoms with Gasteiger partial charge in [0.2, 0.25) is 0 Å². The zero-order chi connectivity index (χ0) is 17.7. The molecule has 0 spiro atoms. The van der Waals surface area contributed by atoms with E-state index < -0.39 is 5.97 Å². The highest BCUT2D eigenvalue weighted by molar-refractivity contribution is 6.19. The smallest absolute Gasteiger partial charge is 0.342 e. The van der Waals surface area contributed by atoms with E-state index in [1.807, 2.05) is 30.3 Å². The third-order valence-corrected chi connectivity index (χ3v) is 4.93. The van der Waals surface area contributed by atoms with Crippen LogP contribution in [0.2, 0.25) is 0 Å². The molecule has 0 heterocycles. The van der Waals surface area contributed by atoms with Gasteiger partial charge in [-0.25, -0.2) is 4.79 Å². The number of Topliss-reactive ketones (excluding diaryl/α,β-unsaturated/α-hetero) is 1. The standard InChI is InChI=1S/C21H28O3/c1-14(2)18-11-10-15(3)12-20(18)24-21(23)19(16(4)22)13-17-8-6-5-7-9-17/h5-9,13-15,18,20H,10-12H2,1-4H3/t15-,18+,20-/m1/s1. The average Bonchev–Trinajstić information content (AvgIpc) is 2.53. The van der Waals surface area contributed by atoms with Crippen molar-refractivity contribution in [1.29, 1.82) is 0 Å². The van der Waals surface area contributed by atoms with E-state index in [2.05, 4.69) is 20.8 Å². The lowest BCUT2D eigenvalue weighted by atomic mass is 9.75. The fourth-order valence-corrected chi connectivity index (χ4v) is 3.47. The van der Waals surface area contributed by atoms with Crippen molar-refractivity contribution >= 4 is 17.8 Å². The van der Waals surface area contributed by atoms with Gasteiger partial charge in [-0.15, -0.1) is 0 Å². The Kier molecular flexibility index (Phi) is 6.36. The topological polar surface area (TPSA) is 43.4 Å². The maximum atomic E-state index is 12.6. The minimum absolute atomic E-state index is 0.0974. The summed E-state index contributed by atoms with van der Waals surface area (Å²) in [4.78, 5) is 24.6. The lowest BCUT2D eigenvalue weighted by Gasteiger charge is -2.36. The summed E-state index contributed by atoms with van der Waals surface area (Å²) in [6, 6.07) is 9.41. The Labute approximate surface area is 145 Å². The van der Waals surface area contributed by atoms with Crippen molar-refractivity contribution in [3.05, 3.63) is 41.5 Å². The molecule has 0 unspecified atom stereocenters. The number of carbonyl (C=O) groups excluding carboxylic acids is 2. The maximum Gasteiger partial charge on any atom is 0.342 e. The van der Waals surface area contributed by atoms with Crippen LogP contribution in [0.1, 0.15) is 52.5 Å². The highest BCUT2D eigenvalue weighted by Crippen LogP contribution is 2.35. The van der Waals surface area contributed by atoms with E-state index in [1.54, 1.807) is 6.08 Å². The largest absolute Gasteiger partial charge is 0.458 e. The third-order valence-electron chi connectivity index (χ3n) is 4.93. The van der Waals surface area contributed by atoms with Gasteiger partial charge in [-0.3, -0.25) is 4.79 Å². The van der Waals surface area contributed by atoms with E-state index in [-0.39, 0.29) is 17.5 Å². The van der Waals surface area contributed by atoms with Crippen LogP contribution in [0.15, 0.2) is 35.9 Å². The molecule has 0 N–H and O–H groups in total. The van der Waals surface area contributed by atoms with Crippen molar-refractivity contribution in [3.8, 4) is 0 Å². The van der Waals surface area contributed by atoms with Crippen LogP contribution in [0.25, 0.3) is 6.08 Å². The van der Waals surface area contributed by atoms with E-state index in [0.717, 1.165) is 18.4 Å². The average molecular weight is 328 g/mol. The van der Waals surface area contributed by atoms with Gasteiger partial charge in [0.25, 0.3) is 0 Å². The predicted molar refractivity (Wildman–Crippen MR) is 96.3 cm³/mol. The second-order valence-electron chi connectivity index (χ2n) is 7.29. The first-order valence-electron chi connectivity index (χ1n) is 8.87. The monoisotopic (exact) mass is 328 g/mol. The van der Waals surface area contributed by atoms with Gasteiger partial charge in [-0.05, 0) is 49.2 Å². The van der Waals surface area contributed by atoms with E-state index in [0.29, 0.717) is 17.8 Å². The van der Waals surface area contributed by atoms with E-state index in [9.17, 15) is 9.59 Å². The van der Waals surface area contributed by atoms with Gasteiger partial charge in [0, 0.05) is 0 Å². The van der Waals surface area contributed by atoms with Crippen molar-refractivity contribution in [2.45, 2.75) is 53.1 Å². The van der Waals surface area contributed by atoms with Crippen molar-refractivity contribution < 1.29 is 14.3 Å². The summed E-state index contributed by atoms with van der Waals surface area (Å²) in [6.45, 7) is 7.96. The number of ether oxygens (including phenoxy) is 1. The van der Waals surface area contributed by atoms with Crippen molar-refractivity contribution in [3.63, 3.8) is 0 Å². The number of ketones is 1. The van der Waals surface area contributed by atoms with Gasteiger partial charge in [0.15, 0.2) is 5.78 Å². The molecule has 0 radical (unpaired) electrons. The number of benzene rings is 1. The molecule has 130 valence electrons. The molecule has 24 heavy (non-hydrogen) atoms. The number of hydrogen-bond acceptors (Lipinski definition) is 3. The number of rotatable bonds is 5. The van der Waals surface area contributed by atoms with Crippen LogP contribution in [-0.2, 0) is 14.3 Å². The van der Waals surface area contributed by atoms with Crippen LogP contribution >= 0.6 is 0 Å². The lowest BCUT2D eigenvalue weighted by Crippen LogP contribution is -2.36. The minimum atomic E-state index is -0.490. The Morgan fingerprint density at radius 3 is 2.42 bits per heavy atom. The van der Waals surface area contributed by atoms with E-state index >= 15 is 0 Å². The second-order valence-corrected chi connectivity index (χ2v) is 7.29. The molecule has 3 atom stereocenters. The van der Waals surface area contributed by atoms with Gasteiger partial charge < -0.3 is 4.74 Å². The lowest BCUT2D eigenvalue weighted by molar-refractivity contribution is -0.151. The molecule has 1 aromatic carbocycles. The first kappa shape index (κ1) is 18.4. The fourth-order valence-electron chi connectivity index (χ4n) is 3.47. The Morgan fingerprint density at radius 2 is 1.83 bits per heavy atom. The molecule has 3 heteroatoms. The molecule has 1 aromatic rings. The van der Waals surface area contributed by atoms with Crippen LogP contribution in [0, 0.1) is 17.8 Å². The SMILES string of the molecule is CC(=O)C(=Cc1ccccc1)C(=O)O[C@@H]1C[C@H](C)CC[C@H]1C(C)C. The Morgan fingerprint density at radius 1 is 1.17 bits per heavy atom. The van der Waals surface area contributed by atoms with E-state index in [4.69, 9.17) is 4.74 Å². The number of carbonyl (C=O) groups is 2. The molecular formula is C21H28O3. The molecule has 0 aromatic heterocycles. The first-order valence-corrected chi connectivity index (χ1v) is 8.87. The summed E-state index contributed by atoms with van der Waals surface area (Å²) in [6.07, 6.45) is 4.66. The highest BCUT2D eigenvalue weighted by Gasteiger charge is 2.34. The molecule has 0 amide bonds. The molecule has 1 aliphatic rings. The summed E-state index contributed by atoms with van der Waals surface area (Å²) in [5, 5.41) is 0. The predicted octanol–water partition coefficient (Wildman–Crippen LogP) is 4.66. The quantitative estimate of drug-likeness (QED) is 0.342. The van der Waals surface area contributed by atoms with Crippen LogP contribution in [0.4, 0.5) is 0 Å². The second kappa shape index (κ2) is 8.27. The Bertz CT molecular complexity index is 601. The summed E-state index contributed by atoms with van der Waals surface area (Å²) in [7, 11) is 0. The Hall–Kier alpha value is -1.90. The highest BCUT2D eigenvalue weighted by atomic mass is 16.5. The molecule has 3 nitrogen and oxygen atoms in total. The van der Waals surface area contributed by atoms with Gasteiger partial charge in [-0.2, -0.15) is 0 Å². The van der Waals surface area contributed by atoms with Crippen LogP contribution in [0.5, 0.6) is 0 Å². The van der Waals surface area contributed by atoms with Crippen LogP contribution in [0.3, 0.4) is 0 Å². The van der Waals surface area contributed by atoms with Gasteiger partial charge in [-0.1, -0.05) is 57.5 Å². The minimum Gasteiger partial charge on any atom is -0.458 e. The van der Waals surface area contributed by atoms with Crippen LogP contribution in [-0.4, -0.2) is 17.9 Å². The summed E-state index contributed by atoms with van der Waals surface area (Å²) >= 11 is 0. The normalized spacial score (nSPS) is 24.7. The molecule has 0 bridgehead atoms. The Balaban J connectivity index is 2.18. The summed E-state index contributed by atoms with van der Waals surface area (Å²) in [5.41, 5.74) is 0.957.